The molecule has 3 aromatic rings. The Morgan fingerprint density at radius 3 is 2.23 bits per heavy atom. The lowest BCUT2D eigenvalue weighted by atomic mass is 10.1. The first kappa shape index (κ1) is 40.9. The van der Waals surface area contributed by atoms with E-state index >= 15 is 0 Å². The number of hydrogen-bond acceptors (Lipinski definition) is 22. The third kappa shape index (κ3) is 8.85. The molecule has 2 aliphatic heterocycles. The second-order valence-corrected chi connectivity index (χ2v) is 17.0. The van der Waals surface area contributed by atoms with Crippen LogP contribution >= 0.6 is 22.4 Å². The zero-order valence-corrected chi connectivity index (χ0v) is 30.2. The Bertz CT molecular complexity index is 2120. The standard InChI is InChI=1S/C22H33N10O17P3S/c1-3-31(15-9(25-2)17(37)29-21(23)27-15)19-13(35)12(34)8(46-19)5-45-52(43,53)49-51(41,42)48-50(39,40)44-4-7-11(33)14(36)20(47-7)32-6-26-10-16(32)28-22(24)30-18(10)38/h3,6-8,11-14,19-20,25,33-36H,1,4-5H2,2H3,(H,39,40)(H,41,42)(H,43,53)(H3,23,27,29,37)(H3,24,28,30,38)/t7-,8-,11?,12?,13?,14?,19-,20-,52?/m1/s1. The molecule has 14 N–H and O–H groups in total. The smallest absolute Gasteiger partial charge is 0.387 e. The molecule has 5 rings (SSSR count). The van der Waals surface area contributed by atoms with Crippen molar-refractivity contribution in [1.29, 1.82) is 0 Å². The summed E-state index contributed by atoms with van der Waals surface area (Å²) in [6.45, 7) is -3.26. The lowest BCUT2D eigenvalue weighted by Gasteiger charge is -2.29. The number of aliphatic hydroxyl groups excluding tert-OH is 4. The molecule has 0 aromatic carbocycles. The van der Waals surface area contributed by atoms with Gasteiger partial charge in [-0.05, 0) is 11.8 Å². The number of aromatic nitrogens is 6. The van der Waals surface area contributed by atoms with E-state index < -0.39 is 95.8 Å². The molecule has 2 aliphatic rings. The van der Waals surface area contributed by atoms with Crippen LogP contribution in [0.1, 0.15) is 6.23 Å². The summed E-state index contributed by atoms with van der Waals surface area (Å²) in [6, 6.07) is 0. The number of aromatic amines is 2. The van der Waals surface area contributed by atoms with E-state index in [1.54, 1.807) is 0 Å². The topological polar surface area (TPSA) is 408 Å². The zero-order valence-electron chi connectivity index (χ0n) is 26.7. The maximum absolute atomic E-state index is 12.6. The number of anilines is 4. The molecule has 11 atom stereocenters. The third-order valence-electron chi connectivity index (χ3n) is 7.50. The molecule has 3 aromatic heterocycles. The van der Waals surface area contributed by atoms with E-state index in [0.717, 1.165) is 22.0 Å². The summed E-state index contributed by atoms with van der Waals surface area (Å²) in [5.41, 5.74) is 9.34. The minimum atomic E-state index is -5.81. The highest BCUT2D eigenvalue weighted by Crippen LogP contribution is 2.68. The number of phosphoric ester groups is 1. The molecule has 5 heterocycles. The van der Waals surface area contributed by atoms with Crippen molar-refractivity contribution < 1.29 is 71.4 Å². The predicted molar refractivity (Wildman–Crippen MR) is 181 cm³/mol. The van der Waals surface area contributed by atoms with Crippen molar-refractivity contribution in [2.24, 2.45) is 0 Å². The number of H-pyrrole nitrogens is 2. The summed E-state index contributed by atoms with van der Waals surface area (Å²) in [4.78, 5) is 72.3. The van der Waals surface area contributed by atoms with Crippen molar-refractivity contribution in [3.8, 4) is 0 Å². The Hall–Kier alpha value is -3.24. The van der Waals surface area contributed by atoms with Crippen molar-refractivity contribution in [2.75, 3.05) is 41.9 Å². The fourth-order valence-electron chi connectivity index (χ4n) is 5.18. The fraction of sp³-hybridized carbons (Fsp3) is 0.500. The van der Waals surface area contributed by atoms with Gasteiger partial charge in [-0.15, -0.1) is 0 Å². The molecule has 294 valence electrons. The number of nitrogens with two attached hydrogens (primary N) is 2. The number of fused-ring (bicyclic) bond motifs is 1. The van der Waals surface area contributed by atoms with Gasteiger partial charge in [0.2, 0.25) is 11.9 Å². The lowest BCUT2D eigenvalue weighted by molar-refractivity contribution is -0.0503. The van der Waals surface area contributed by atoms with E-state index in [2.05, 4.69) is 61.8 Å². The van der Waals surface area contributed by atoms with E-state index in [-0.39, 0.29) is 34.6 Å². The van der Waals surface area contributed by atoms with E-state index in [1.807, 2.05) is 0 Å². The molecule has 0 radical (unpaired) electrons. The molecule has 7 unspecified atom stereocenters. The Balaban J connectivity index is 1.17. The number of ether oxygens (including phenoxy) is 2. The molecule has 2 saturated heterocycles. The largest absolute Gasteiger partial charge is 0.488 e. The number of nitrogens with zero attached hydrogens (tertiary/aromatic N) is 5. The SMILES string of the molecule is C=CN(c1nc(N)[nH]c(=O)c1NC)[C@@H]1O[C@H](COP(O)(=S)OP(=O)(O)OP(=O)(O)OC[C@H]2O[C@@H](n3cnc4c(=O)[nH]c(N)nc43)C(O)C2O)C(O)C1O. The monoisotopic (exact) mass is 834 g/mol. The van der Waals surface area contributed by atoms with Crippen molar-refractivity contribution in [1.82, 2.24) is 29.5 Å². The quantitative estimate of drug-likeness (QED) is 0.0664. The second kappa shape index (κ2) is 15.5. The summed E-state index contributed by atoms with van der Waals surface area (Å²) in [5, 5.41) is 44.9. The third-order valence-corrected chi connectivity index (χ3v) is 12.7. The number of hydrogen-bond donors (Lipinski definition) is 12. The molecule has 27 nitrogen and oxygen atoms in total. The summed E-state index contributed by atoms with van der Waals surface area (Å²) >= 11 is 4.69. The molecule has 53 heavy (non-hydrogen) atoms. The maximum atomic E-state index is 12.6. The van der Waals surface area contributed by atoms with Gasteiger partial charge in [0.05, 0.1) is 19.5 Å². The molecule has 2 fully saturated rings. The first-order chi connectivity index (χ1) is 24.7. The van der Waals surface area contributed by atoms with Gasteiger partial charge in [0.1, 0.15) is 42.3 Å². The number of nitrogen functional groups attached to an aromatic ring is 2. The second-order valence-electron chi connectivity index (χ2n) is 11.0. The number of rotatable bonds is 15. The minimum absolute atomic E-state index is 0.119. The molecule has 0 aliphatic carbocycles. The first-order valence-electron chi connectivity index (χ1n) is 14.6. The molecule has 0 spiro atoms. The zero-order chi connectivity index (χ0) is 39.2. The van der Waals surface area contributed by atoms with E-state index in [0.29, 0.717) is 0 Å². The summed E-state index contributed by atoms with van der Waals surface area (Å²) in [7, 11) is -10.0. The fourth-order valence-corrected chi connectivity index (χ4v) is 9.64. The number of aliphatic hydroxyl groups is 4. The van der Waals surface area contributed by atoms with Gasteiger partial charge >= 0.3 is 22.4 Å². The normalized spacial score (nSPS) is 29.4. The molecular formula is C22H33N10O17P3S. The van der Waals surface area contributed by atoms with Crippen molar-refractivity contribution >= 4 is 68.7 Å². The van der Waals surface area contributed by atoms with Crippen LogP contribution in [0, 0.1) is 0 Å². The lowest BCUT2D eigenvalue weighted by Crippen LogP contribution is -2.42. The molecule has 0 amide bonds. The predicted octanol–water partition coefficient (Wildman–Crippen LogP) is -3.39. The summed E-state index contributed by atoms with van der Waals surface area (Å²) in [5.74, 6) is -0.771. The summed E-state index contributed by atoms with van der Waals surface area (Å²) in [6.07, 6.45) is -11.0. The van der Waals surface area contributed by atoms with Crippen LogP contribution in [0.15, 0.2) is 28.7 Å². The Morgan fingerprint density at radius 1 is 0.962 bits per heavy atom. The van der Waals surface area contributed by atoms with Crippen LogP contribution in [0.5, 0.6) is 0 Å². The van der Waals surface area contributed by atoms with Crippen LogP contribution in [0.3, 0.4) is 0 Å². The van der Waals surface area contributed by atoms with Gasteiger partial charge in [0.15, 0.2) is 29.4 Å². The van der Waals surface area contributed by atoms with Gasteiger partial charge in [-0.1, -0.05) is 6.58 Å². The number of imidazole rings is 1. The Kier molecular flexibility index (Phi) is 12.0. The van der Waals surface area contributed by atoms with Crippen LogP contribution < -0.4 is 32.8 Å². The van der Waals surface area contributed by atoms with Crippen molar-refractivity contribution in [3.63, 3.8) is 0 Å². The molecule has 31 heteroatoms. The van der Waals surface area contributed by atoms with E-state index in [1.165, 1.54) is 7.05 Å². The highest BCUT2D eigenvalue weighted by Gasteiger charge is 2.49. The number of phosphoric acid groups is 2. The van der Waals surface area contributed by atoms with Gasteiger partial charge in [-0.3, -0.25) is 28.6 Å². The van der Waals surface area contributed by atoms with Crippen molar-refractivity contribution in [2.45, 2.75) is 49.1 Å². The maximum Gasteiger partial charge on any atom is 0.488 e. The highest BCUT2D eigenvalue weighted by molar-refractivity contribution is 8.08. The van der Waals surface area contributed by atoms with Gasteiger partial charge in [-0.2, -0.15) is 14.3 Å². The Labute approximate surface area is 300 Å². The molecular weight excluding hydrogens is 801 g/mol. The van der Waals surface area contributed by atoms with Crippen LogP contribution in [-0.4, -0.2) is 128 Å². The number of nitrogens with one attached hydrogen (secondary N) is 3. The van der Waals surface area contributed by atoms with Gasteiger partial charge in [0, 0.05) is 13.2 Å². The average molecular weight is 835 g/mol. The van der Waals surface area contributed by atoms with Gasteiger partial charge in [-0.25, -0.2) is 18.4 Å². The molecule has 0 saturated carbocycles. The van der Waals surface area contributed by atoms with E-state index in [4.69, 9.17) is 25.5 Å². The average Bonchev–Trinajstić information content (AvgIpc) is 3.68. The first-order valence-corrected chi connectivity index (χ1v) is 20.2. The molecule has 0 bridgehead atoms. The van der Waals surface area contributed by atoms with Crippen molar-refractivity contribution in [3.05, 3.63) is 39.8 Å². The van der Waals surface area contributed by atoms with Gasteiger partial charge in [0.25, 0.3) is 11.1 Å². The highest BCUT2D eigenvalue weighted by atomic mass is 32.5. The van der Waals surface area contributed by atoms with Crippen LogP contribution in [0.25, 0.3) is 11.2 Å². The van der Waals surface area contributed by atoms with Crippen LogP contribution in [-0.2, 0) is 48.1 Å². The minimum Gasteiger partial charge on any atom is -0.387 e. The van der Waals surface area contributed by atoms with Gasteiger partial charge < -0.3 is 70.8 Å². The van der Waals surface area contributed by atoms with Crippen LogP contribution in [0.4, 0.5) is 23.4 Å². The van der Waals surface area contributed by atoms with E-state index in [9.17, 15) is 53.8 Å². The van der Waals surface area contributed by atoms with Crippen LogP contribution in [0.2, 0.25) is 0 Å². The Morgan fingerprint density at radius 2 is 1.57 bits per heavy atom. The summed E-state index contributed by atoms with van der Waals surface area (Å²) < 4.78 is 55.4.